The number of benzene rings is 2. The number of phenolic OH excluding ortho intramolecular Hbond substituents is 1. The van der Waals surface area contributed by atoms with Gasteiger partial charge in [0, 0.05) is 10.0 Å². The average Bonchev–Trinajstić information content (AvgIpc) is 2.54. The van der Waals surface area contributed by atoms with Crippen LogP contribution < -0.4 is 5.48 Å². The van der Waals surface area contributed by atoms with Crippen LogP contribution in [0.3, 0.4) is 0 Å². The van der Waals surface area contributed by atoms with Gasteiger partial charge in [0.2, 0.25) is 0 Å². The van der Waals surface area contributed by atoms with E-state index in [0.717, 1.165) is 39.7 Å². The van der Waals surface area contributed by atoms with Crippen molar-refractivity contribution in [3.05, 3.63) is 69.2 Å². The number of halogens is 1. The predicted molar refractivity (Wildman–Crippen MR) is 91.8 cm³/mol. The van der Waals surface area contributed by atoms with Crippen LogP contribution in [-0.4, -0.2) is 11.1 Å². The van der Waals surface area contributed by atoms with E-state index in [1.807, 2.05) is 25.1 Å². The van der Waals surface area contributed by atoms with Crippen LogP contribution in [0.15, 0.2) is 46.9 Å². The smallest absolute Gasteiger partial charge is 0.362 e. The van der Waals surface area contributed by atoms with Crippen molar-refractivity contribution in [1.29, 1.82) is 0 Å². The van der Waals surface area contributed by atoms with Crippen LogP contribution in [0.1, 0.15) is 33.5 Å². The summed E-state index contributed by atoms with van der Waals surface area (Å²) in [7, 11) is 0. The summed E-state index contributed by atoms with van der Waals surface area (Å²) in [6.07, 6.45) is 3.67. The molecule has 118 valence electrons. The molecule has 0 aromatic heterocycles. The molecule has 5 heteroatoms. The molecule has 0 bridgehead atoms. The van der Waals surface area contributed by atoms with E-state index in [1.165, 1.54) is 0 Å². The lowest BCUT2D eigenvalue weighted by atomic mass is 9.93. The summed E-state index contributed by atoms with van der Waals surface area (Å²) < 4.78 is 0.820. The highest BCUT2D eigenvalue weighted by atomic mass is 79.9. The van der Waals surface area contributed by atoms with E-state index in [9.17, 15) is 9.90 Å². The molecule has 4 nitrogen and oxygen atoms in total. The summed E-state index contributed by atoms with van der Waals surface area (Å²) in [5.74, 6) is -0.161. The standard InChI is InChI=1S/C18H16BrNO3/c1-11-8-15-12(10-17(11)21)4-3-7-16(15)20-23-18(22)13-5-2-6-14(19)9-13/h2,5-10,20-21H,3-4H2,1H3. The highest BCUT2D eigenvalue weighted by Crippen LogP contribution is 2.30. The van der Waals surface area contributed by atoms with E-state index in [2.05, 4.69) is 21.4 Å². The normalized spacial score (nSPS) is 13.0. The van der Waals surface area contributed by atoms with Crippen LogP contribution in [0.5, 0.6) is 5.75 Å². The third-order valence-electron chi connectivity index (χ3n) is 3.79. The molecular formula is C18H16BrNO3. The maximum Gasteiger partial charge on any atom is 0.362 e. The fourth-order valence-corrected chi connectivity index (χ4v) is 2.95. The van der Waals surface area contributed by atoms with Crippen LogP contribution in [-0.2, 0) is 11.3 Å². The molecule has 0 saturated heterocycles. The molecule has 1 aliphatic carbocycles. The van der Waals surface area contributed by atoms with Gasteiger partial charge in [0.15, 0.2) is 0 Å². The van der Waals surface area contributed by atoms with Crippen LogP contribution in [0.25, 0.3) is 5.70 Å². The molecule has 1 aliphatic rings. The van der Waals surface area contributed by atoms with Gasteiger partial charge in [-0.3, -0.25) is 0 Å². The lowest BCUT2D eigenvalue weighted by Gasteiger charge is -2.19. The van der Waals surface area contributed by atoms with Crippen molar-refractivity contribution < 1.29 is 14.7 Å². The van der Waals surface area contributed by atoms with E-state index in [4.69, 9.17) is 4.84 Å². The van der Waals surface area contributed by atoms with Crippen molar-refractivity contribution in [2.24, 2.45) is 0 Å². The van der Waals surface area contributed by atoms with Crippen molar-refractivity contribution in [1.82, 2.24) is 5.48 Å². The number of carbonyl (C=O) groups excluding carboxylic acids is 1. The molecular weight excluding hydrogens is 358 g/mol. The molecule has 0 fully saturated rings. The Kier molecular flexibility index (Phi) is 4.39. The molecule has 0 heterocycles. The number of hydroxylamine groups is 1. The quantitative estimate of drug-likeness (QED) is 0.794. The first-order valence-electron chi connectivity index (χ1n) is 7.30. The van der Waals surface area contributed by atoms with Crippen molar-refractivity contribution in [3.8, 4) is 5.75 Å². The number of rotatable bonds is 3. The van der Waals surface area contributed by atoms with Gasteiger partial charge in [0.1, 0.15) is 5.75 Å². The van der Waals surface area contributed by atoms with Gasteiger partial charge in [-0.2, -0.15) is 0 Å². The average molecular weight is 374 g/mol. The van der Waals surface area contributed by atoms with Gasteiger partial charge >= 0.3 is 5.97 Å². The molecule has 2 aromatic carbocycles. The molecule has 0 saturated carbocycles. The second kappa shape index (κ2) is 6.46. The van der Waals surface area contributed by atoms with Crippen molar-refractivity contribution in [2.45, 2.75) is 19.8 Å². The molecule has 23 heavy (non-hydrogen) atoms. The van der Waals surface area contributed by atoms with Gasteiger partial charge in [-0.15, -0.1) is 0 Å². The lowest BCUT2D eigenvalue weighted by Crippen LogP contribution is -2.21. The summed E-state index contributed by atoms with van der Waals surface area (Å²) in [5.41, 5.74) is 6.75. The third-order valence-corrected chi connectivity index (χ3v) is 4.28. The van der Waals surface area contributed by atoms with Gasteiger partial charge < -0.3 is 9.94 Å². The minimum absolute atomic E-state index is 0.288. The Balaban J connectivity index is 1.76. The second-order valence-electron chi connectivity index (χ2n) is 5.45. The zero-order chi connectivity index (χ0) is 16.4. The Morgan fingerprint density at radius 1 is 1.30 bits per heavy atom. The number of aromatic hydroxyl groups is 1. The summed E-state index contributed by atoms with van der Waals surface area (Å²) in [5, 5.41) is 9.82. The molecule has 2 N–H and O–H groups in total. The second-order valence-corrected chi connectivity index (χ2v) is 6.37. The summed E-state index contributed by atoms with van der Waals surface area (Å²) in [6, 6.07) is 10.7. The summed E-state index contributed by atoms with van der Waals surface area (Å²) in [6.45, 7) is 1.84. The third kappa shape index (κ3) is 3.40. The first-order valence-corrected chi connectivity index (χ1v) is 8.09. The fraction of sp³-hybridized carbons (Fsp3) is 0.167. The number of hydrogen-bond donors (Lipinski definition) is 2. The predicted octanol–water partition coefficient (Wildman–Crippen LogP) is 4.11. The van der Waals surface area contributed by atoms with Gasteiger partial charge in [0.05, 0.1) is 11.3 Å². The zero-order valence-electron chi connectivity index (χ0n) is 12.6. The Morgan fingerprint density at radius 2 is 2.13 bits per heavy atom. The number of allylic oxidation sites excluding steroid dienone is 1. The number of hydrogen-bond acceptors (Lipinski definition) is 4. The maximum absolute atomic E-state index is 12.1. The van der Waals surface area contributed by atoms with Gasteiger partial charge in [-0.05, 0) is 61.2 Å². The van der Waals surface area contributed by atoms with E-state index < -0.39 is 5.97 Å². The molecule has 0 unspecified atom stereocenters. The number of aryl methyl sites for hydroxylation is 2. The van der Waals surface area contributed by atoms with Crippen LogP contribution in [0.2, 0.25) is 0 Å². The number of carbonyl (C=O) groups is 1. The molecule has 0 radical (unpaired) electrons. The van der Waals surface area contributed by atoms with E-state index in [-0.39, 0.29) is 5.75 Å². The van der Waals surface area contributed by atoms with E-state index in [0.29, 0.717) is 5.56 Å². The topological polar surface area (TPSA) is 58.6 Å². The van der Waals surface area contributed by atoms with E-state index in [1.54, 1.807) is 24.3 Å². The SMILES string of the molecule is Cc1cc2c(cc1O)CCC=C2NOC(=O)c1cccc(Br)c1. The Labute approximate surface area is 142 Å². The van der Waals surface area contributed by atoms with E-state index >= 15 is 0 Å². The molecule has 0 atom stereocenters. The highest BCUT2D eigenvalue weighted by Gasteiger charge is 2.16. The minimum atomic E-state index is -0.449. The zero-order valence-corrected chi connectivity index (χ0v) is 14.2. The molecule has 0 spiro atoms. The molecule has 3 rings (SSSR count). The maximum atomic E-state index is 12.1. The van der Waals surface area contributed by atoms with Gasteiger partial charge in [0.25, 0.3) is 0 Å². The summed E-state index contributed by atoms with van der Waals surface area (Å²) in [4.78, 5) is 17.3. The number of nitrogens with one attached hydrogen (secondary N) is 1. The van der Waals surface area contributed by atoms with Crippen LogP contribution >= 0.6 is 15.9 Å². The molecule has 0 aliphatic heterocycles. The van der Waals surface area contributed by atoms with Crippen LogP contribution in [0.4, 0.5) is 0 Å². The Hall–Kier alpha value is -2.27. The Bertz CT molecular complexity index is 799. The van der Waals surface area contributed by atoms with Crippen LogP contribution in [0, 0.1) is 6.92 Å². The summed E-state index contributed by atoms with van der Waals surface area (Å²) >= 11 is 3.33. The Morgan fingerprint density at radius 3 is 2.91 bits per heavy atom. The largest absolute Gasteiger partial charge is 0.508 e. The van der Waals surface area contributed by atoms with Crippen molar-refractivity contribution in [3.63, 3.8) is 0 Å². The fourth-order valence-electron chi connectivity index (χ4n) is 2.55. The highest BCUT2D eigenvalue weighted by molar-refractivity contribution is 9.10. The first-order chi connectivity index (χ1) is 11.0. The van der Waals surface area contributed by atoms with Gasteiger partial charge in [-0.1, -0.05) is 28.1 Å². The monoisotopic (exact) mass is 373 g/mol. The van der Waals surface area contributed by atoms with Crippen molar-refractivity contribution in [2.75, 3.05) is 0 Å². The lowest BCUT2D eigenvalue weighted by molar-refractivity contribution is 0.0368. The molecule has 2 aromatic rings. The number of phenols is 1. The number of fused-ring (bicyclic) bond motifs is 1. The van der Waals surface area contributed by atoms with Gasteiger partial charge in [-0.25, -0.2) is 10.3 Å². The minimum Gasteiger partial charge on any atom is -0.508 e. The molecule has 0 amide bonds. The first kappa shape index (κ1) is 15.6. The van der Waals surface area contributed by atoms with Crippen molar-refractivity contribution >= 4 is 27.6 Å².